The molecule has 0 amide bonds. The van der Waals surface area contributed by atoms with Gasteiger partial charge in [0, 0.05) is 5.92 Å². The van der Waals surface area contributed by atoms with Gasteiger partial charge in [0.15, 0.2) is 17.8 Å². The van der Waals surface area contributed by atoms with Crippen LogP contribution in [-0.4, -0.2) is 81.2 Å². The summed E-state index contributed by atoms with van der Waals surface area (Å²) in [5.41, 5.74) is -8.32. The molecule has 0 bridgehead atoms. The first-order valence-electron chi connectivity index (χ1n) is 12.9. The molecule has 4 heterocycles. The zero-order valence-corrected chi connectivity index (χ0v) is 21.3. The summed E-state index contributed by atoms with van der Waals surface area (Å²) in [4.78, 5) is 40.0. The second-order valence-corrected chi connectivity index (χ2v) is 12.6. The smallest absolute Gasteiger partial charge is 0.343 e. The number of aliphatic hydroxyl groups excluding tert-OH is 2. The van der Waals surface area contributed by atoms with Crippen LogP contribution in [0.15, 0.2) is 30.3 Å². The van der Waals surface area contributed by atoms with Crippen molar-refractivity contribution in [2.75, 3.05) is 0 Å². The van der Waals surface area contributed by atoms with E-state index in [4.69, 9.17) is 23.7 Å². The number of carbonyl (C=O) groups excluding carboxylic acids is 3. The lowest BCUT2D eigenvalue weighted by Gasteiger charge is -2.48. The van der Waals surface area contributed by atoms with Crippen LogP contribution < -0.4 is 0 Å². The van der Waals surface area contributed by atoms with E-state index in [-0.39, 0.29) is 6.61 Å². The van der Waals surface area contributed by atoms with Crippen LogP contribution in [0.2, 0.25) is 0 Å². The SMILES string of the molecule is C[C@@H]1C(=O)OC2[C@@H](O)C34C5OC(=O)C3(OC3OC(=O)[C@@H](OCc6ccccc6)C34[C@H](C(C)(C)C)[C@H]5O)[C@]21O. The average molecular weight is 531 g/mol. The van der Waals surface area contributed by atoms with Gasteiger partial charge in [-0.15, -0.1) is 0 Å². The lowest BCUT2D eigenvalue weighted by atomic mass is 9.51. The van der Waals surface area contributed by atoms with Crippen molar-refractivity contribution in [3.05, 3.63) is 35.9 Å². The quantitative estimate of drug-likeness (QED) is 0.352. The van der Waals surface area contributed by atoms with Crippen molar-refractivity contribution < 1.29 is 53.4 Å². The first-order valence-corrected chi connectivity index (χ1v) is 12.9. The van der Waals surface area contributed by atoms with Gasteiger partial charge in [0.05, 0.1) is 29.5 Å². The van der Waals surface area contributed by atoms with E-state index in [1.54, 1.807) is 0 Å². The van der Waals surface area contributed by atoms with Crippen LogP contribution in [0.3, 0.4) is 0 Å². The molecule has 0 aromatic heterocycles. The van der Waals surface area contributed by atoms with Gasteiger partial charge in [-0.05, 0) is 17.9 Å². The Bertz CT molecular complexity index is 1260. The summed E-state index contributed by atoms with van der Waals surface area (Å²) in [6.45, 7) is 6.92. The lowest BCUT2D eigenvalue weighted by molar-refractivity contribution is -0.240. The molecule has 0 radical (unpaired) electrons. The third-order valence-corrected chi connectivity index (χ3v) is 10.2. The molecule has 204 valence electrons. The third kappa shape index (κ3) is 2.13. The number of fused-ring (bicyclic) bond motifs is 1. The topological polar surface area (TPSA) is 158 Å². The van der Waals surface area contributed by atoms with Crippen LogP contribution in [0.25, 0.3) is 0 Å². The molecule has 2 spiro atoms. The van der Waals surface area contributed by atoms with E-state index >= 15 is 0 Å². The molecule has 1 aromatic carbocycles. The second-order valence-electron chi connectivity index (χ2n) is 12.6. The largest absolute Gasteiger partial charge is 0.456 e. The van der Waals surface area contributed by atoms with Crippen molar-refractivity contribution in [3.63, 3.8) is 0 Å². The maximum absolute atomic E-state index is 13.8. The molecule has 11 heteroatoms. The molecule has 2 saturated carbocycles. The molecule has 12 atom stereocenters. The minimum absolute atomic E-state index is 0.0141. The second kappa shape index (κ2) is 6.95. The van der Waals surface area contributed by atoms with Gasteiger partial charge in [0.25, 0.3) is 0 Å². The molecule has 2 aliphatic carbocycles. The number of hydrogen-bond donors (Lipinski definition) is 3. The van der Waals surface area contributed by atoms with Crippen molar-refractivity contribution in [2.24, 2.45) is 28.1 Å². The highest BCUT2D eigenvalue weighted by Crippen LogP contribution is 2.84. The highest BCUT2D eigenvalue weighted by Gasteiger charge is 3.05. The van der Waals surface area contributed by atoms with Gasteiger partial charge >= 0.3 is 17.9 Å². The Kier molecular flexibility index (Phi) is 4.47. The molecule has 4 aliphatic heterocycles. The number of esters is 3. The van der Waals surface area contributed by atoms with Crippen molar-refractivity contribution in [2.45, 2.75) is 82.3 Å². The van der Waals surface area contributed by atoms with E-state index in [2.05, 4.69) is 0 Å². The van der Waals surface area contributed by atoms with Gasteiger partial charge in [0.2, 0.25) is 11.9 Å². The summed E-state index contributed by atoms with van der Waals surface area (Å²) < 4.78 is 29.6. The summed E-state index contributed by atoms with van der Waals surface area (Å²) >= 11 is 0. The fourth-order valence-electron chi connectivity index (χ4n) is 9.20. The number of hydrogen-bond acceptors (Lipinski definition) is 11. The van der Waals surface area contributed by atoms with E-state index in [0.717, 1.165) is 5.56 Å². The van der Waals surface area contributed by atoms with Crippen molar-refractivity contribution >= 4 is 17.9 Å². The highest BCUT2D eigenvalue weighted by atomic mass is 16.8. The van der Waals surface area contributed by atoms with Crippen LogP contribution in [0.1, 0.15) is 33.3 Å². The van der Waals surface area contributed by atoms with Gasteiger partial charge in [-0.3, -0.25) is 4.79 Å². The summed E-state index contributed by atoms with van der Waals surface area (Å²) in [5, 5.41) is 36.1. The zero-order valence-electron chi connectivity index (χ0n) is 21.3. The minimum atomic E-state index is -2.36. The van der Waals surface area contributed by atoms with Gasteiger partial charge in [-0.1, -0.05) is 51.1 Å². The van der Waals surface area contributed by atoms with Gasteiger partial charge in [-0.2, -0.15) is 0 Å². The van der Waals surface area contributed by atoms with Gasteiger partial charge in [-0.25, -0.2) is 9.59 Å². The van der Waals surface area contributed by atoms with Crippen molar-refractivity contribution in [1.29, 1.82) is 0 Å². The van der Waals surface area contributed by atoms with E-state index < -0.39 is 94.0 Å². The molecule has 1 aromatic rings. The number of rotatable bonds is 3. The number of benzene rings is 1. The normalized spacial score (nSPS) is 51.8. The molecular weight excluding hydrogens is 500 g/mol. The Morgan fingerprint density at radius 1 is 0.974 bits per heavy atom. The van der Waals surface area contributed by atoms with Crippen LogP contribution >= 0.6 is 0 Å². The first-order chi connectivity index (χ1) is 17.8. The molecule has 38 heavy (non-hydrogen) atoms. The molecule has 4 saturated heterocycles. The van der Waals surface area contributed by atoms with E-state index in [1.807, 2.05) is 51.1 Å². The lowest BCUT2D eigenvalue weighted by Crippen LogP contribution is -2.67. The maximum Gasteiger partial charge on any atom is 0.343 e. The molecular formula is C27H30O11. The predicted molar refractivity (Wildman–Crippen MR) is 122 cm³/mol. The highest BCUT2D eigenvalue weighted by molar-refractivity contribution is 5.94. The molecule has 7 rings (SSSR count). The van der Waals surface area contributed by atoms with Crippen LogP contribution in [0, 0.1) is 28.1 Å². The van der Waals surface area contributed by atoms with Crippen LogP contribution in [0.4, 0.5) is 0 Å². The molecule has 3 N–H and O–H groups in total. The number of ether oxygens (including phenoxy) is 5. The van der Waals surface area contributed by atoms with Crippen LogP contribution in [0.5, 0.6) is 0 Å². The molecule has 6 unspecified atom stereocenters. The summed E-state index contributed by atoms with van der Waals surface area (Å²) in [5.74, 6) is -4.79. The van der Waals surface area contributed by atoms with Crippen molar-refractivity contribution in [3.8, 4) is 0 Å². The fourth-order valence-corrected chi connectivity index (χ4v) is 9.20. The van der Waals surface area contributed by atoms with Crippen molar-refractivity contribution in [1.82, 2.24) is 0 Å². The number of carbonyl (C=O) groups is 3. The fraction of sp³-hybridized carbons (Fsp3) is 0.667. The van der Waals surface area contributed by atoms with Crippen LogP contribution in [-0.2, 0) is 44.7 Å². The molecule has 6 fully saturated rings. The third-order valence-electron chi connectivity index (χ3n) is 10.2. The standard InChI is InChI=1S/C27H30O11/c1-11-19(30)35-17-15(29)25-16-13(28)14(23(2,3)4)24(25)18(34-10-12-8-6-5-7-9-12)20(31)37-22(24)38-27(25,21(32)36-16)26(11,17)33/h5-9,11,13-18,22,28-29,33H,10H2,1-4H3/t11-,13-,14+,15-,16?,17?,18-,22?,24?,25?,26-,27?/m1/s1. The van der Waals surface area contributed by atoms with E-state index in [1.165, 1.54) is 6.92 Å². The monoisotopic (exact) mass is 530 g/mol. The Balaban J connectivity index is 1.50. The van der Waals surface area contributed by atoms with Gasteiger partial charge in [0.1, 0.15) is 12.2 Å². The Labute approximate surface area is 217 Å². The number of aliphatic hydroxyl groups is 3. The molecule has 11 nitrogen and oxygen atoms in total. The summed E-state index contributed by atoms with van der Waals surface area (Å²) in [6.07, 6.45) is -8.97. The van der Waals surface area contributed by atoms with E-state index in [0.29, 0.717) is 0 Å². The Morgan fingerprint density at radius 3 is 2.32 bits per heavy atom. The summed E-state index contributed by atoms with van der Waals surface area (Å²) in [7, 11) is 0. The first kappa shape index (κ1) is 24.5. The zero-order chi connectivity index (χ0) is 27.2. The summed E-state index contributed by atoms with van der Waals surface area (Å²) in [6, 6.07) is 9.11. The average Bonchev–Trinajstić information content (AvgIpc) is 3.55. The Morgan fingerprint density at radius 2 is 1.66 bits per heavy atom. The van der Waals surface area contributed by atoms with E-state index in [9.17, 15) is 29.7 Å². The molecule has 6 aliphatic rings. The Hall–Kier alpha value is -2.57. The van der Waals surface area contributed by atoms with Gasteiger partial charge < -0.3 is 39.0 Å². The minimum Gasteiger partial charge on any atom is -0.456 e. The maximum atomic E-state index is 13.8. The predicted octanol–water partition coefficient (Wildman–Crippen LogP) is -0.174.